The van der Waals surface area contributed by atoms with Crippen LogP contribution in [-0.2, 0) is 38.8 Å². The van der Waals surface area contributed by atoms with E-state index in [1.807, 2.05) is 149 Å². The Hall–Kier alpha value is -4.76. The molecule has 0 N–H and O–H groups in total. The fraction of sp³-hybridized carbons (Fsp3) is 0.220. The van der Waals surface area contributed by atoms with Gasteiger partial charge in [-0.25, -0.2) is 0 Å². The van der Waals surface area contributed by atoms with E-state index in [-0.39, 0.29) is 37.2 Å². The van der Waals surface area contributed by atoms with Gasteiger partial charge in [-0.3, -0.25) is 9.59 Å². The number of morpholine rings is 2. The van der Waals surface area contributed by atoms with Crippen molar-refractivity contribution in [2.45, 2.75) is 31.9 Å². The Morgan fingerprint density at radius 3 is 1.41 bits per heavy atom. The second-order valence-electron chi connectivity index (χ2n) is 12.0. The van der Waals surface area contributed by atoms with Crippen molar-refractivity contribution >= 4 is 27.7 Å². The van der Waals surface area contributed by atoms with Gasteiger partial charge in [-0.2, -0.15) is 0 Å². The number of benzene rings is 5. The van der Waals surface area contributed by atoms with Crippen LogP contribution < -0.4 is 4.74 Å². The van der Waals surface area contributed by atoms with Crippen LogP contribution in [0.5, 0.6) is 5.75 Å². The molecule has 0 radical (unpaired) electrons. The van der Waals surface area contributed by atoms with Crippen LogP contribution in [0.25, 0.3) is 0 Å². The van der Waals surface area contributed by atoms with Crippen LogP contribution in [0.4, 0.5) is 0 Å². The number of carbonyl (C=O) groups is 2. The Labute approximate surface area is 296 Å². The standard InChI is InChI=1S/C24H23NO3.C17H16BrNO2/c26-24-18-28-23(16-25(24)15-19-7-3-1-4-8-19)21-11-13-22(14-12-21)27-17-20-9-5-2-6-10-20;18-15-8-6-14(7-9-15)16-11-19(17(20)12-21-16)10-13-4-2-1-3-5-13/h1-14,23H,15-18H2;1-9,16H,10-12H2. The molecule has 2 aliphatic rings. The van der Waals surface area contributed by atoms with Gasteiger partial charge in [-0.15, -0.1) is 0 Å². The van der Waals surface area contributed by atoms with Crippen molar-refractivity contribution in [3.8, 4) is 5.75 Å². The van der Waals surface area contributed by atoms with Crippen molar-refractivity contribution in [2.24, 2.45) is 0 Å². The van der Waals surface area contributed by atoms with Crippen LogP contribution in [0.3, 0.4) is 0 Å². The van der Waals surface area contributed by atoms with Gasteiger partial charge in [-0.05, 0) is 52.1 Å². The third kappa shape index (κ3) is 9.89. The number of hydrogen-bond donors (Lipinski definition) is 0. The molecule has 2 saturated heterocycles. The van der Waals surface area contributed by atoms with Crippen LogP contribution in [-0.4, -0.2) is 47.9 Å². The van der Waals surface area contributed by atoms with E-state index in [1.165, 1.54) is 0 Å². The molecular formula is C41H39BrN2O5. The second-order valence-corrected chi connectivity index (χ2v) is 12.9. The lowest BCUT2D eigenvalue weighted by Crippen LogP contribution is -2.42. The second kappa shape index (κ2) is 17.1. The average Bonchev–Trinajstić information content (AvgIpc) is 3.15. The summed E-state index contributed by atoms with van der Waals surface area (Å²) in [6.45, 7) is 3.19. The number of halogens is 1. The molecule has 2 atom stereocenters. The largest absolute Gasteiger partial charge is 0.489 e. The first-order chi connectivity index (χ1) is 24.0. The number of amides is 2. The monoisotopic (exact) mass is 718 g/mol. The first kappa shape index (κ1) is 34.1. The van der Waals surface area contributed by atoms with Crippen LogP contribution in [0.15, 0.2) is 144 Å². The van der Waals surface area contributed by atoms with Crippen LogP contribution >= 0.6 is 15.9 Å². The third-order valence-electron chi connectivity index (χ3n) is 8.47. The Morgan fingerprint density at radius 1 is 0.551 bits per heavy atom. The first-order valence-electron chi connectivity index (χ1n) is 16.4. The molecule has 2 heterocycles. The highest BCUT2D eigenvalue weighted by Crippen LogP contribution is 2.27. The Morgan fingerprint density at radius 2 is 0.959 bits per heavy atom. The molecule has 5 aromatic rings. The Balaban J connectivity index is 0.000000177. The van der Waals surface area contributed by atoms with Crippen molar-refractivity contribution in [1.29, 1.82) is 0 Å². The number of carbonyl (C=O) groups excluding carboxylic acids is 2. The molecule has 8 heteroatoms. The fourth-order valence-corrected chi connectivity index (χ4v) is 6.01. The molecule has 0 spiro atoms. The quantitative estimate of drug-likeness (QED) is 0.155. The predicted molar refractivity (Wildman–Crippen MR) is 192 cm³/mol. The van der Waals surface area contributed by atoms with Gasteiger partial charge in [-0.1, -0.05) is 131 Å². The van der Waals surface area contributed by atoms with Gasteiger partial charge >= 0.3 is 0 Å². The summed E-state index contributed by atoms with van der Waals surface area (Å²) < 4.78 is 18.3. The zero-order valence-electron chi connectivity index (χ0n) is 27.2. The molecule has 2 unspecified atom stereocenters. The molecule has 5 aromatic carbocycles. The zero-order chi connectivity index (χ0) is 33.8. The SMILES string of the molecule is O=C1COC(c2ccc(Br)cc2)CN1Cc1ccccc1.O=C1COC(c2ccc(OCc3ccccc3)cc2)CN1Cc1ccccc1. The molecule has 0 bridgehead atoms. The summed E-state index contributed by atoms with van der Waals surface area (Å²) in [7, 11) is 0. The molecular weight excluding hydrogens is 680 g/mol. The lowest BCUT2D eigenvalue weighted by Gasteiger charge is -2.33. The summed E-state index contributed by atoms with van der Waals surface area (Å²) in [5, 5.41) is 0. The van der Waals surface area contributed by atoms with Gasteiger partial charge in [0.2, 0.25) is 11.8 Å². The normalized spacial score (nSPS) is 17.7. The highest BCUT2D eigenvalue weighted by molar-refractivity contribution is 9.10. The van der Waals surface area contributed by atoms with Gasteiger partial charge in [0.15, 0.2) is 0 Å². The molecule has 0 saturated carbocycles. The van der Waals surface area contributed by atoms with Crippen LogP contribution in [0.1, 0.15) is 40.0 Å². The van der Waals surface area contributed by atoms with Gasteiger partial charge < -0.3 is 24.0 Å². The molecule has 7 rings (SSSR count). The van der Waals surface area contributed by atoms with Crippen molar-refractivity contribution in [3.63, 3.8) is 0 Å². The maximum absolute atomic E-state index is 12.2. The lowest BCUT2D eigenvalue weighted by molar-refractivity contribution is -0.150. The van der Waals surface area contributed by atoms with Gasteiger partial charge in [0.05, 0.1) is 13.1 Å². The number of rotatable bonds is 9. The van der Waals surface area contributed by atoms with E-state index in [1.54, 1.807) is 0 Å². The summed E-state index contributed by atoms with van der Waals surface area (Å²) in [5.41, 5.74) is 5.56. The summed E-state index contributed by atoms with van der Waals surface area (Å²) in [6.07, 6.45) is -0.177. The van der Waals surface area contributed by atoms with Crippen LogP contribution in [0, 0.1) is 0 Å². The minimum atomic E-state index is -0.121. The van der Waals surface area contributed by atoms with E-state index in [4.69, 9.17) is 14.2 Å². The fourth-order valence-electron chi connectivity index (χ4n) is 5.75. The smallest absolute Gasteiger partial charge is 0.249 e. The number of hydrogen-bond acceptors (Lipinski definition) is 5. The minimum absolute atomic E-state index is 0.0305. The number of nitrogens with zero attached hydrogens (tertiary/aromatic N) is 2. The van der Waals surface area contributed by atoms with Crippen molar-refractivity contribution in [3.05, 3.63) is 172 Å². The minimum Gasteiger partial charge on any atom is -0.489 e. The molecule has 49 heavy (non-hydrogen) atoms. The first-order valence-corrected chi connectivity index (χ1v) is 17.2. The van der Waals surface area contributed by atoms with E-state index in [2.05, 4.69) is 15.9 Å². The van der Waals surface area contributed by atoms with E-state index in [0.717, 1.165) is 38.0 Å². The molecule has 250 valence electrons. The number of ether oxygens (including phenoxy) is 3. The van der Waals surface area contributed by atoms with E-state index in [0.29, 0.717) is 32.8 Å². The summed E-state index contributed by atoms with van der Waals surface area (Å²) in [6, 6.07) is 46.2. The predicted octanol–water partition coefficient (Wildman–Crippen LogP) is 7.91. The molecule has 0 aliphatic carbocycles. The maximum Gasteiger partial charge on any atom is 0.249 e. The maximum atomic E-state index is 12.2. The van der Waals surface area contributed by atoms with E-state index < -0.39 is 0 Å². The third-order valence-corrected chi connectivity index (χ3v) is 9.00. The van der Waals surface area contributed by atoms with E-state index >= 15 is 0 Å². The van der Waals surface area contributed by atoms with Crippen molar-refractivity contribution < 1.29 is 23.8 Å². The van der Waals surface area contributed by atoms with Crippen LogP contribution in [0.2, 0.25) is 0 Å². The molecule has 7 nitrogen and oxygen atoms in total. The average molecular weight is 720 g/mol. The summed E-state index contributed by atoms with van der Waals surface area (Å²) >= 11 is 3.43. The highest BCUT2D eigenvalue weighted by Gasteiger charge is 2.28. The summed E-state index contributed by atoms with van der Waals surface area (Å²) in [5.74, 6) is 0.899. The van der Waals surface area contributed by atoms with Gasteiger partial charge in [0.1, 0.15) is 37.8 Å². The Kier molecular flexibility index (Phi) is 11.9. The van der Waals surface area contributed by atoms with Gasteiger partial charge in [0, 0.05) is 17.6 Å². The molecule has 2 fully saturated rings. The highest BCUT2D eigenvalue weighted by atomic mass is 79.9. The summed E-state index contributed by atoms with van der Waals surface area (Å²) in [4.78, 5) is 28.0. The Bertz CT molecular complexity index is 1770. The van der Waals surface area contributed by atoms with E-state index in [9.17, 15) is 9.59 Å². The van der Waals surface area contributed by atoms with Gasteiger partial charge in [0.25, 0.3) is 0 Å². The lowest BCUT2D eigenvalue weighted by atomic mass is 10.1. The topological polar surface area (TPSA) is 68.3 Å². The molecule has 2 amide bonds. The van der Waals surface area contributed by atoms with Crippen molar-refractivity contribution in [1.82, 2.24) is 9.80 Å². The van der Waals surface area contributed by atoms with Crippen molar-refractivity contribution in [2.75, 3.05) is 26.3 Å². The molecule has 2 aliphatic heterocycles. The zero-order valence-corrected chi connectivity index (χ0v) is 28.8. The molecule has 0 aromatic heterocycles.